The van der Waals surface area contributed by atoms with Crippen LogP contribution in [0.25, 0.3) is 0 Å². The van der Waals surface area contributed by atoms with Gasteiger partial charge in [0.1, 0.15) is 25.5 Å². The maximum absolute atomic E-state index is 12.1. The Balaban J connectivity index is 1.55. The van der Waals surface area contributed by atoms with Crippen LogP contribution in [0.1, 0.15) is 72.1 Å². The third kappa shape index (κ3) is 3.05. The van der Waals surface area contributed by atoms with Gasteiger partial charge in [0.2, 0.25) is 0 Å². The van der Waals surface area contributed by atoms with E-state index < -0.39 is 0 Å². The predicted molar refractivity (Wildman–Crippen MR) is 118 cm³/mol. The molecule has 1 heterocycles. The van der Waals surface area contributed by atoms with Crippen molar-refractivity contribution in [2.75, 3.05) is 19.7 Å². The van der Waals surface area contributed by atoms with Crippen molar-refractivity contribution in [3.63, 3.8) is 0 Å². The molecule has 5 fully saturated rings. The smallest absolute Gasteiger partial charge is 0.303 e. The van der Waals surface area contributed by atoms with E-state index in [1.54, 1.807) is 6.92 Å². The normalized spacial score (nSPS) is 45.3. The monoisotopic (exact) mass is 428 g/mol. The largest absolute Gasteiger partial charge is 0.459 e. The van der Waals surface area contributed by atoms with Crippen molar-refractivity contribution >= 4 is 18.2 Å². The zero-order chi connectivity index (χ0) is 22.0. The fourth-order valence-corrected chi connectivity index (χ4v) is 9.01. The standard InChI is InChI=1S/C26H38NO4/c1-17-20-6-10-25(23(17)31-19(3)29)11-7-21-24(4)8-5-9-26(21,22(25)14-20)16-27(15-24)12-13-30-18(2)28/h16,20-23H,1,5-15H2,2-4H3/q+1/t20-,21+,22+,23+,24-,25-,26+/m1/s1. The van der Waals surface area contributed by atoms with Gasteiger partial charge in [-0.2, -0.15) is 0 Å². The summed E-state index contributed by atoms with van der Waals surface area (Å²) in [6.07, 6.45) is 12.2. The first-order chi connectivity index (χ1) is 14.7. The van der Waals surface area contributed by atoms with Crippen molar-refractivity contribution in [2.45, 2.75) is 78.2 Å². The van der Waals surface area contributed by atoms with Crippen LogP contribution in [-0.2, 0) is 19.1 Å². The van der Waals surface area contributed by atoms with Crippen molar-refractivity contribution in [3.05, 3.63) is 12.2 Å². The van der Waals surface area contributed by atoms with E-state index in [0.717, 1.165) is 25.9 Å². The van der Waals surface area contributed by atoms with Crippen LogP contribution in [0.15, 0.2) is 12.2 Å². The van der Waals surface area contributed by atoms with Gasteiger partial charge in [0.25, 0.3) is 0 Å². The van der Waals surface area contributed by atoms with Gasteiger partial charge in [-0.1, -0.05) is 19.9 Å². The second-order valence-corrected chi connectivity index (χ2v) is 11.5. The minimum Gasteiger partial charge on any atom is -0.459 e. The van der Waals surface area contributed by atoms with E-state index in [4.69, 9.17) is 9.47 Å². The van der Waals surface area contributed by atoms with Crippen LogP contribution < -0.4 is 0 Å². The lowest BCUT2D eigenvalue weighted by molar-refractivity contribution is -0.559. The number of carbonyl (C=O) groups excluding carboxylic acids is 2. The van der Waals surface area contributed by atoms with Crippen LogP contribution >= 0.6 is 0 Å². The quantitative estimate of drug-likeness (QED) is 0.384. The Morgan fingerprint density at radius 3 is 2.65 bits per heavy atom. The molecule has 5 heteroatoms. The molecule has 0 saturated heterocycles. The lowest BCUT2D eigenvalue weighted by atomic mass is 9.35. The number of carbonyl (C=O) groups is 2. The molecule has 0 amide bonds. The highest BCUT2D eigenvalue weighted by molar-refractivity contribution is 5.68. The van der Waals surface area contributed by atoms with Gasteiger partial charge in [-0.25, -0.2) is 4.58 Å². The van der Waals surface area contributed by atoms with Crippen LogP contribution in [0.5, 0.6) is 0 Å². The Kier molecular flexibility index (Phi) is 4.91. The second-order valence-electron chi connectivity index (χ2n) is 11.5. The van der Waals surface area contributed by atoms with Crippen molar-refractivity contribution < 1.29 is 23.6 Å². The molecule has 0 aromatic carbocycles. The van der Waals surface area contributed by atoms with Crippen LogP contribution in [0.2, 0.25) is 0 Å². The van der Waals surface area contributed by atoms with Crippen LogP contribution in [-0.4, -0.2) is 48.5 Å². The molecule has 0 unspecified atom stereocenters. The highest BCUT2D eigenvalue weighted by Crippen LogP contribution is 2.72. The first-order valence-corrected chi connectivity index (χ1v) is 12.3. The van der Waals surface area contributed by atoms with Crippen molar-refractivity contribution in [1.82, 2.24) is 0 Å². The number of hydrogen-bond acceptors (Lipinski definition) is 4. The summed E-state index contributed by atoms with van der Waals surface area (Å²) in [5, 5.41) is 0. The summed E-state index contributed by atoms with van der Waals surface area (Å²) in [7, 11) is 0. The number of nitrogens with zero attached hydrogens (tertiary/aromatic N) is 1. The van der Waals surface area contributed by atoms with Crippen molar-refractivity contribution in [1.29, 1.82) is 0 Å². The number of rotatable bonds is 4. The van der Waals surface area contributed by atoms with E-state index in [-0.39, 0.29) is 28.9 Å². The molecule has 0 aromatic rings. The maximum Gasteiger partial charge on any atom is 0.303 e. The van der Waals surface area contributed by atoms with Crippen LogP contribution in [0.4, 0.5) is 0 Å². The molecule has 0 radical (unpaired) electrons. The molecule has 7 atom stereocenters. The van der Waals surface area contributed by atoms with E-state index in [1.165, 1.54) is 51.0 Å². The van der Waals surface area contributed by atoms with Gasteiger partial charge >= 0.3 is 11.9 Å². The molecule has 0 aromatic heterocycles. The SMILES string of the molecule is C=C1[C@@H]2CC[C@]3(CC[C@H]4[C@]5(C)CCC[C@@]4(C=[N+](CCOC(C)=O)C5)[C@H]3C2)[C@H]1OC(C)=O. The molecule has 6 aliphatic rings. The molecule has 1 spiro atoms. The summed E-state index contributed by atoms with van der Waals surface area (Å²) in [5.74, 6) is 1.34. The Morgan fingerprint density at radius 1 is 1.13 bits per heavy atom. The number of hydrogen-bond donors (Lipinski definition) is 0. The van der Waals surface area contributed by atoms with Crippen molar-refractivity contribution in [3.8, 4) is 0 Å². The Morgan fingerprint density at radius 2 is 1.90 bits per heavy atom. The molecule has 5 saturated carbocycles. The van der Waals surface area contributed by atoms with E-state index in [1.807, 2.05) is 0 Å². The Bertz CT molecular complexity index is 848. The number of fused-ring (bicyclic) bond motifs is 2. The topological polar surface area (TPSA) is 55.6 Å². The van der Waals surface area contributed by atoms with Gasteiger partial charge in [-0.15, -0.1) is 0 Å². The summed E-state index contributed by atoms with van der Waals surface area (Å²) in [6.45, 7) is 12.2. The van der Waals surface area contributed by atoms with Gasteiger partial charge in [0.05, 0.1) is 5.41 Å². The molecule has 4 bridgehead atoms. The predicted octanol–water partition coefficient (Wildman–Crippen LogP) is 4.14. The van der Waals surface area contributed by atoms with E-state index in [0.29, 0.717) is 29.8 Å². The molecule has 1 aliphatic heterocycles. The molecule has 5 aliphatic carbocycles. The summed E-state index contributed by atoms with van der Waals surface area (Å²) in [6, 6.07) is 0. The number of ether oxygens (including phenoxy) is 2. The van der Waals surface area contributed by atoms with Crippen LogP contribution in [0, 0.1) is 34.0 Å². The van der Waals surface area contributed by atoms with Gasteiger partial charge in [0.15, 0.2) is 6.54 Å². The van der Waals surface area contributed by atoms with Gasteiger partial charge in [0, 0.05) is 24.7 Å². The van der Waals surface area contributed by atoms with Crippen molar-refractivity contribution in [2.24, 2.45) is 34.0 Å². The zero-order valence-electron chi connectivity index (χ0n) is 19.5. The average molecular weight is 429 g/mol. The number of esters is 2. The summed E-state index contributed by atoms with van der Waals surface area (Å²) in [5.41, 5.74) is 1.68. The molecule has 0 N–H and O–H groups in total. The Hall–Kier alpha value is -1.65. The average Bonchev–Trinajstić information content (AvgIpc) is 2.69. The molecule has 5 nitrogen and oxygen atoms in total. The summed E-state index contributed by atoms with van der Waals surface area (Å²) in [4.78, 5) is 23.4. The van der Waals surface area contributed by atoms with Gasteiger partial charge < -0.3 is 9.47 Å². The molecular weight excluding hydrogens is 390 g/mol. The first-order valence-electron chi connectivity index (χ1n) is 12.3. The fourth-order valence-electron chi connectivity index (χ4n) is 9.01. The minimum absolute atomic E-state index is 0.0433. The van der Waals surface area contributed by atoms with E-state index in [2.05, 4.69) is 24.3 Å². The Labute approximate surface area is 186 Å². The lowest BCUT2D eigenvalue weighted by Gasteiger charge is -2.69. The molecule has 6 rings (SSSR count). The summed E-state index contributed by atoms with van der Waals surface area (Å²) >= 11 is 0. The van der Waals surface area contributed by atoms with Crippen LogP contribution in [0.3, 0.4) is 0 Å². The summed E-state index contributed by atoms with van der Waals surface area (Å²) < 4.78 is 13.8. The first kappa shape index (κ1) is 21.2. The highest BCUT2D eigenvalue weighted by Gasteiger charge is 2.71. The fraction of sp³-hybridized carbons (Fsp3) is 0.808. The lowest BCUT2D eigenvalue weighted by Crippen LogP contribution is -2.69. The third-order valence-electron chi connectivity index (χ3n) is 9.91. The van der Waals surface area contributed by atoms with E-state index in [9.17, 15) is 9.59 Å². The highest BCUT2D eigenvalue weighted by atomic mass is 16.5. The molecule has 170 valence electrons. The molecule has 31 heavy (non-hydrogen) atoms. The van der Waals surface area contributed by atoms with Gasteiger partial charge in [-0.05, 0) is 68.3 Å². The van der Waals surface area contributed by atoms with E-state index >= 15 is 0 Å². The third-order valence-corrected chi connectivity index (χ3v) is 9.91. The van der Waals surface area contributed by atoms with Gasteiger partial charge in [-0.3, -0.25) is 9.59 Å². The minimum atomic E-state index is -0.205. The maximum atomic E-state index is 12.1. The second kappa shape index (κ2) is 7.18. The molecular formula is C26H38NO4+. The zero-order valence-corrected chi connectivity index (χ0v) is 19.5.